The molecule has 3 aromatic heterocycles. The zero-order valence-corrected chi connectivity index (χ0v) is 18.9. The lowest BCUT2D eigenvalue weighted by molar-refractivity contribution is 0.242. The van der Waals surface area contributed by atoms with Gasteiger partial charge in [0.25, 0.3) is 0 Å². The van der Waals surface area contributed by atoms with Crippen LogP contribution < -0.4 is 0 Å². The predicted octanol–water partition coefficient (Wildman–Crippen LogP) is 5.16. The smallest absolute Gasteiger partial charge is 0.162 e. The van der Waals surface area contributed by atoms with Crippen molar-refractivity contribution >= 4 is 11.2 Å². The van der Waals surface area contributed by atoms with Gasteiger partial charge in [-0.1, -0.05) is 18.6 Å². The van der Waals surface area contributed by atoms with Crippen LogP contribution in [0.4, 0.5) is 0 Å². The van der Waals surface area contributed by atoms with Crippen LogP contribution in [0.3, 0.4) is 0 Å². The summed E-state index contributed by atoms with van der Waals surface area (Å²) < 4.78 is 7.39. The van der Waals surface area contributed by atoms with Crippen molar-refractivity contribution in [2.75, 3.05) is 26.7 Å². The summed E-state index contributed by atoms with van der Waals surface area (Å²) in [7, 11) is 2.19. The van der Waals surface area contributed by atoms with Crippen LogP contribution >= 0.6 is 0 Å². The van der Waals surface area contributed by atoms with Gasteiger partial charge in [-0.2, -0.15) is 5.10 Å². The summed E-state index contributed by atoms with van der Waals surface area (Å²) in [6, 6.07) is 3.92. The van der Waals surface area contributed by atoms with E-state index in [1.165, 1.54) is 32.4 Å². The fraction of sp³-hybridized carbons (Fsp3) is 0.346. The van der Waals surface area contributed by atoms with Gasteiger partial charge < -0.3 is 9.64 Å². The lowest BCUT2D eigenvalue weighted by atomic mass is 10.1. The number of nitrogens with zero attached hydrogens (tertiary/aromatic N) is 5. The maximum Gasteiger partial charge on any atom is 0.162 e. The molecule has 3 aromatic rings. The summed E-state index contributed by atoms with van der Waals surface area (Å²) in [5, 5.41) is 4.46. The molecule has 5 rings (SSSR count). The fourth-order valence-electron chi connectivity index (χ4n) is 3.91. The summed E-state index contributed by atoms with van der Waals surface area (Å²) in [5.41, 5.74) is 5.03. The highest BCUT2D eigenvalue weighted by atomic mass is 16.5. The Morgan fingerprint density at radius 3 is 2.50 bits per heavy atom. The summed E-state index contributed by atoms with van der Waals surface area (Å²) in [5.74, 6) is 0.904. The van der Waals surface area contributed by atoms with Crippen LogP contribution in [0.15, 0.2) is 73.2 Å². The molecule has 0 spiro atoms. The number of fused-ring (bicyclic) bond motifs is 1. The Balaban J connectivity index is 0.000000300. The minimum absolute atomic E-state index is 0.671. The second-order valence-corrected chi connectivity index (χ2v) is 8.04. The molecule has 1 fully saturated rings. The van der Waals surface area contributed by atoms with E-state index >= 15 is 0 Å². The highest BCUT2D eigenvalue weighted by Crippen LogP contribution is 2.25. The summed E-state index contributed by atoms with van der Waals surface area (Å²) in [6.07, 6.45) is 22.7. The number of aromatic nitrogens is 4. The van der Waals surface area contributed by atoms with Crippen molar-refractivity contribution in [3.8, 4) is 11.1 Å². The van der Waals surface area contributed by atoms with Gasteiger partial charge in [0.05, 0.1) is 12.8 Å². The number of ether oxygens (including phenoxy) is 1. The lowest BCUT2D eigenvalue weighted by Crippen LogP contribution is -2.24. The van der Waals surface area contributed by atoms with Gasteiger partial charge in [0.15, 0.2) is 5.65 Å². The van der Waals surface area contributed by atoms with Crippen LogP contribution in [-0.2, 0) is 4.74 Å². The number of hydrogen-bond donors (Lipinski definition) is 0. The SMILES string of the molecule is CCOC1=CCC=C(c2cnc3c(-c4ccncc4)cnn3c2)C=C1.CN1CCCCC1. The predicted molar refractivity (Wildman–Crippen MR) is 129 cm³/mol. The second kappa shape index (κ2) is 10.9. The normalized spacial score (nSPS) is 16.6. The number of likely N-dealkylation sites (tertiary alicyclic amines) is 1. The average molecular weight is 430 g/mol. The number of piperidine rings is 1. The van der Waals surface area contributed by atoms with Crippen molar-refractivity contribution in [2.45, 2.75) is 32.6 Å². The van der Waals surface area contributed by atoms with Crippen molar-refractivity contribution in [1.29, 1.82) is 0 Å². The first-order valence-electron chi connectivity index (χ1n) is 11.4. The third-order valence-electron chi connectivity index (χ3n) is 5.66. The van der Waals surface area contributed by atoms with E-state index in [1.807, 2.05) is 48.2 Å². The van der Waals surface area contributed by atoms with Crippen LogP contribution in [0.2, 0.25) is 0 Å². The molecule has 0 atom stereocenters. The molecular formula is C26H31N5O. The highest BCUT2D eigenvalue weighted by molar-refractivity contribution is 5.79. The van der Waals surface area contributed by atoms with Crippen molar-refractivity contribution in [3.05, 3.63) is 78.7 Å². The molecule has 0 aromatic carbocycles. The van der Waals surface area contributed by atoms with Crippen LogP contribution in [0.5, 0.6) is 0 Å². The Kier molecular flexibility index (Phi) is 7.46. The van der Waals surface area contributed by atoms with Crippen molar-refractivity contribution in [2.24, 2.45) is 0 Å². The molecule has 0 N–H and O–H groups in total. The van der Waals surface area contributed by atoms with Crippen molar-refractivity contribution in [1.82, 2.24) is 24.5 Å². The molecule has 0 saturated carbocycles. The Morgan fingerprint density at radius 2 is 1.78 bits per heavy atom. The minimum atomic E-state index is 0.671. The first-order valence-corrected chi connectivity index (χ1v) is 11.4. The van der Waals surface area contributed by atoms with E-state index < -0.39 is 0 Å². The molecule has 0 unspecified atom stereocenters. The van der Waals surface area contributed by atoms with E-state index in [-0.39, 0.29) is 0 Å². The maximum absolute atomic E-state index is 5.57. The quantitative estimate of drug-likeness (QED) is 0.574. The van der Waals surface area contributed by atoms with Gasteiger partial charge in [0.1, 0.15) is 5.76 Å². The Bertz CT molecular complexity index is 1110. The molecule has 1 saturated heterocycles. The van der Waals surface area contributed by atoms with Gasteiger partial charge in [-0.05, 0) is 81.7 Å². The van der Waals surface area contributed by atoms with Gasteiger partial charge in [0.2, 0.25) is 0 Å². The first-order chi connectivity index (χ1) is 15.7. The van der Waals surface area contributed by atoms with Gasteiger partial charge in [-0.25, -0.2) is 9.50 Å². The maximum atomic E-state index is 5.57. The van der Waals surface area contributed by atoms with Gasteiger partial charge in [0, 0.05) is 35.9 Å². The van der Waals surface area contributed by atoms with Crippen LogP contribution in [0, 0.1) is 0 Å². The van der Waals surface area contributed by atoms with Crippen molar-refractivity contribution < 1.29 is 4.74 Å². The topological polar surface area (TPSA) is 55.6 Å². The molecule has 32 heavy (non-hydrogen) atoms. The highest BCUT2D eigenvalue weighted by Gasteiger charge is 2.10. The number of pyridine rings is 1. The Labute approximate surface area is 190 Å². The molecule has 6 heteroatoms. The molecule has 1 aliphatic carbocycles. The number of hydrogen-bond acceptors (Lipinski definition) is 5. The third kappa shape index (κ3) is 5.51. The third-order valence-corrected chi connectivity index (χ3v) is 5.66. The molecule has 6 nitrogen and oxygen atoms in total. The molecule has 0 radical (unpaired) electrons. The number of allylic oxidation sites excluding steroid dienone is 5. The molecule has 4 heterocycles. The standard InChI is InChI=1S/C20H18N4O.C6H13N/c1-2-25-18-5-3-4-15(6-7-18)17-12-22-20-19(13-23-24(20)14-17)16-8-10-21-11-9-16;1-7-5-3-2-4-6-7/h4-14H,2-3H2,1H3;2-6H2,1H3. The van der Waals surface area contributed by atoms with E-state index in [0.29, 0.717) is 6.61 Å². The molecule has 2 aliphatic rings. The molecule has 0 bridgehead atoms. The van der Waals surface area contributed by atoms with E-state index in [1.54, 1.807) is 12.4 Å². The number of rotatable bonds is 4. The fourth-order valence-corrected chi connectivity index (χ4v) is 3.91. The minimum Gasteiger partial charge on any atom is -0.494 e. The monoisotopic (exact) mass is 429 g/mol. The first kappa shape index (κ1) is 22.0. The van der Waals surface area contributed by atoms with E-state index in [2.05, 4.69) is 45.2 Å². The van der Waals surface area contributed by atoms with E-state index in [0.717, 1.165) is 40.1 Å². The summed E-state index contributed by atoms with van der Waals surface area (Å²) in [6.45, 7) is 5.30. The zero-order valence-electron chi connectivity index (χ0n) is 18.9. The summed E-state index contributed by atoms with van der Waals surface area (Å²) >= 11 is 0. The van der Waals surface area contributed by atoms with Gasteiger partial charge in [-0.15, -0.1) is 0 Å². The molecule has 0 amide bonds. The van der Waals surface area contributed by atoms with Crippen LogP contribution in [0.1, 0.15) is 38.2 Å². The van der Waals surface area contributed by atoms with Crippen LogP contribution in [0.25, 0.3) is 22.3 Å². The van der Waals surface area contributed by atoms with E-state index in [9.17, 15) is 0 Å². The Hall–Kier alpha value is -3.25. The average Bonchev–Trinajstić information content (AvgIpc) is 3.12. The molecule has 1 aliphatic heterocycles. The van der Waals surface area contributed by atoms with Crippen LogP contribution in [-0.4, -0.2) is 51.2 Å². The molecular weight excluding hydrogens is 398 g/mol. The Morgan fingerprint density at radius 1 is 0.969 bits per heavy atom. The van der Waals surface area contributed by atoms with Gasteiger partial charge in [-0.3, -0.25) is 4.98 Å². The summed E-state index contributed by atoms with van der Waals surface area (Å²) in [4.78, 5) is 11.1. The second-order valence-electron chi connectivity index (χ2n) is 8.04. The van der Waals surface area contributed by atoms with Gasteiger partial charge >= 0.3 is 0 Å². The lowest BCUT2D eigenvalue weighted by Gasteiger charge is -2.20. The van der Waals surface area contributed by atoms with E-state index in [4.69, 9.17) is 4.74 Å². The van der Waals surface area contributed by atoms with Crippen molar-refractivity contribution in [3.63, 3.8) is 0 Å². The zero-order chi connectivity index (χ0) is 22.2. The largest absolute Gasteiger partial charge is 0.494 e. The molecule has 166 valence electrons.